The normalized spacial score (nSPS) is 18.9. The van der Waals surface area contributed by atoms with Gasteiger partial charge in [0.25, 0.3) is 9.05 Å². The summed E-state index contributed by atoms with van der Waals surface area (Å²) in [5.74, 6) is 0.0417. The minimum Gasteiger partial charge on any atom is -0.475 e. The van der Waals surface area contributed by atoms with E-state index in [4.69, 9.17) is 20.5 Å². The maximum absolute atomic E-state index is 11.2. The third-order valence-corrected chi connectivity index (χ3v) is 3.97. The molecule has 2 rings (SSSR count). The van der Waals surface area contributed by atoms with E-state index in [1.807, 2.05) is 0 Å². The van der Waals surface area contributed by atoms with Gasteiger partial charge in [-0.15, -0.1) is 0 Å². The van der Waals surface area contributed by atoms with Gasteiger partial charge in [-0.05, 0) is 0 Å². The van der Waals surface area contributed by atoms with E-state index in [9.17, 15) is 13.2 Å². The van der Waals surface area contributed by atoms with Gasteiger partial charge in [0.05, 0.1) is 18.8 Å². The highest BCUT2D eigenvalue weighted by Crippen LogP contribution is 2.29. The highest BCUT2D eigenvalue weighted by Gasteiger charge is 2.31. The number of halogens is 1. The number of carbonyl (C=O) groups is 1. The molecule has 1 aromatic heterocycles. The molecule has 18 heavy (non-hydrogen) atoms. The fourth-order valence-electron chi connectivity index (χ4n) is 1.62. The van der Waals surface area contributed by atoms with Gasteiger partial charge < -0.3 is 14.7 Å². The number of hydrogen-bond donors (Lipinski definition) is 1. The molecular weight excluding hydrogens is 286 g/mol. The zero-order valence-electron chi connectivity index (χ0n) is 9.28. The van der Waals surface area contributed by atoms with Gasteiger partial charge in [-0.2, -0.15) is 5.10 Å². The Hall–Kier alpha value is -1.48. The van der Waals surface area contributed by atoms with E-state index in [0.29, 0.717) is 0 Å². The van der Waals surface area contributed by atoms with Crippen molar-refractivity contribution in [3.63, 3.8) is 0 Å². The van der Waals surface area contributed by atoms with E-state index in [-0.39, 0.29) is 23.9 Å². The second-order valence-electron chi connectivity index (χ2n) is 3.79. The molecule has 100 valence electrons. The monoisotopic (exact) mass is 295 g/mol. The number of nitrogens with zero attached hydrogens (tertiary/aromatic N) is 3. The van der Waals surface area contributed by atoms with Crippen molar-refractivity contribution >= 4 is 25.8 Å². The number of amides is 1. The van der Waals surface area contributed by atoms with E-state index in [1.54, 1.807) is 0 Å². The average Bonchev–Trinajstić information content (AvgIpc) is 2.69. The zero-order valence-corrected chi connectivity index (χ0v) is 10.8. The first kappa shape index (κ1) is 13.0. The van der Waals surface area contributed by atoms with Crippen LogP contribution in [0.4, 0.5) is 4.79 Å². The van der Waals surface area contributed by atoms with Gasteiger partial charge in [-0.1, -0.05) is 0 Å². The molecule has 0 bridgehead atoms. The smallest absolute Gasteiger partial charge is 0.407 e. The SMILES string of the molecule is CN(C(=O)O)[C@H]1COc2c(S(=O)(=O)Cl)cnn2C1. The lowest BCUT2D eigenvalue weighted by molar-refractivity contribution is 0.0874. The van der Waals surface area contributed by atoms with Crippen LogP contribution >= 0.6 is 10.7 Å². The fourth-order valence-corrected chi connectivity index (χ4v) is 2.48. The van der Waals surface area contributed by atoms with Crippen LogP contribution in [-0.2, 0) is 15.6 Å². The number of hydrogen-bond acceptors (Lipinski definition) is 5. The highest BCUT2D eigenvalue weighted by molar-refractivity contribution is 8.13. The van der Waals surface area contributed by atoms with E-state index in [0.717, 1.165) is 11.1 Å². The Labute approximate surface area is 107 Å². The first-order chi connectivity index (χ1) is 8.30. The Kier molecular flexibility index (Phi) is 3.11. The lowest BCUT2D eigenvalue weighted by atomic mass is 10.2. The van der Waals surface area contributed by atoms with Crippen LogP contribution in [0, 0.1) is 0 Å². The first-order valence-corrected chi connectivity index (χ1v) is 7.20. The predicted molar refractivity (Wildman–Crippen MR) is 60.3 cm³/mol. The Morgan fingerprint density at radius 3 is 2.94 bits per heavy atom. The molecule has 10 heteroatoms. The molecule has 2 heterocycles. The molecule has 0 aliphatic carbocycles. The summed E-state index contributed by atoms with van der Waals surface area (Å²) in [6, 6.07) is -0.430. The average molecular weight is 296 g/mol. The number of fused-ring (bicyclic) bond motifs is 1. The van der Waals surface area contributed by atoms with Crippen molar-refractivity contribution < 1.29 is 23.1 Å². The van der Waals surface area contributed by atoms with Gasteiger partial charge in [-0.3, -0.25) is 0 Å². The molecule has 1 aliphatic rings. The van der Waals surface area contributed by atoms with Crippen LogP contribution in [0.1, 0.15) is 0 Å². The maximum atomic E-state index is 11.2. The quantitative estimate of drug-likeness (QED) is 0.781. The summed E-state index contributed by atoms with van der Waals surface area (Å²) in [5.41, 5.74) is 0. The molecule has 0 aromatic carbocycles. The van der Waals surface area contributed by atoms with E-state index < -0.39 is 21.2 Å². The van der Waals surface area contributed by atoms with Gasteiger partial charge in [0, 0.05) is 17.7 Å². The second kappa shape index (κ2) is 4.32. The van der Waals surface area contributed by atoms with Crippen molar-refractivity contribution in [3.8, 4) is 5.88 Å². The summed E-state index contributed by atoms with van der Waals surface area (Å²) in [7, 11) is 2.71. The molecule has 1 atom stereocenters. The van der Waals surface area contributed by atoms with Crippen LogP contribution in [0.15, 0.2) is 11.1 Å². The summed E-state index contributed by atoms with van der Waals surface area (Å²) in [6.45, 7) is 0.262. The standard InChI is InChI=1S/C8H10ClN3O5S/c1-11(8(13)14)5-3-12-7(17-4-5)6(2-10-12)18(9,15)16/h2,5H,3-4H2,1H3,(H,13,14)/t5-/m1/s1. The van der Waals surface area contributed by atoms with Crippen molar-refractivity contribution in [3.05, 3.63) is 6.20 Å². The molecule has 0 saturated carbocycles. The minimum atomic E-state index is -3.92. The summed E-state index contributed by atoms with van der Waals surface area (Å²) in [5, 5.41) is 12.7. The molecular formula is C8H10ClN3O5S. The first-order valence-electron chi connectivity index (χ1n) is 4.89. The molecule has 0 spiro atoms. The van der Waals surface area contributed by atoms with Gasteiger partial charge in [-0.25, -0.2) is 17.9 Å². The summed E-state index contributed by atoms with van der Waals surface area (Å²) in [4.78, 5) is 11.7. The molecule has 8 nitrogen and oxygen atoms in total. The van der Waals surface area contributed by atoms with Crippen LogP contribution in [0.25, 0.3) is 0 Å². The Morgan fingerprint density at radius 1 is 1.72 bits per heavy atom. The van der Waals surface area contributed by atoms with Gasteiger partial charge >= 0.3 is 6.09 Å². The van der Waals surface area contributed by atoms with Gasteiger partial charge in [0.1, 0.15) is 6.61 Å². The minimum absolute atomic E-state index is 0.0417. The van der Waals surface area contributed by atoms with Crippen molar-refractivity contribution in [1.29, 1.82) is 0 Å². The summed E-state index contributed by atoms with van der Waals surface area (Å²) in [6.07, 6.45) is -0.00901. The van der Waals surface area contributed by atoms with Crippen molar-refractivity contribution in [2.45, 2.75) is 17.5 Å². The number of aromatic nitrogens is 2. The number of likely N-dealkylation sites (N-methyl/N-ethyl adjacent to an activating group) is 1. The maximum Gasteiger partial charge on any atom is 0.407 e. The van der Waals surface area contributed by atoms with E-state index in [2.05, 4.69) is 5.10 Å². The number of carboxylic acid groups (broad SMARTS) is 1. The lowest BCUT2D eigenvalue weighted by Gasteiger charge is -2.29. The van der Waals surface area contributed by atoms with E-state index >= 15 is 0 Å². The Morgan fingerprint density at radius 2 is 2.39 bits per heavy atom. The van der Waals surface area contributed by atoms with Crippen molar-refractivity contribution in [2.75, 3.05) is 13.7 Å². The third kappa shape index (κ3) is 2.23. The number of ether oxygens (including phenoxy) is 1. The van der Waals surface area contributed by atoms with Gasteiger partial charge in [0.2, 0.25) is 5.88 Å². The fraction of sp³-hybridized carbons (Fsp3) is 0.500. The lowest BCUT2D eigenvalue weighted by Crippen LogP contribution is -2.45. The number of rotatable bonds is 2. The Balaban J connectivity index is 2.28. The summed E-state index contributed by atoms with van der Waals surface area (Å²) >= 11 is 0. The van der Waals surface area contributed by atoms with Crippen molar-refractivity contribution in [1.82, 2.24) is 14.7 Å². The van der Waals surface area contributed by atoms with E-state index in [1.165, 1.54) is 11.7 Å². The predicted octanol–water partition coefficient (Wildman–Crippen LogP) is 0.181. The van der Waals surface area contributed by atoms with Crippen LogP contribution in [0.2, 0.25) is 0 Å². The Bertz CT molecular complexity index is 584. The zero-order chi connectivity index (χ0) is 13.5. The molecule has 1 aliphatic heterocycles. The second-order valence-corrected chi connectivity index (χ2v) is 6.33. The molecule has 1 amide bonds. The molecule has 1 aromatic rings. The molecule has 0 fully saturated rings. The molecule has 0 saturated heterocycles. The molecule has 0 unspecified atom stereocenters. The topological polar surface area (TPSA) is 102 Å². The van der Waals surface area contributed by atoms with Crippen LogP contribution in [-0.4, -0.2) is 54.0 Å². The van der Waals surface area contributed by atoms with Crippen LogP contribution in [0.5, 0.6) is 5.88 Å². The van der Waals surface area contributed by atoms with Gasteiger partial charge in [0.15, 0.2) is 4.90 Å². The molecule has 0 radical (unpaired) electrons. The molecule has 1 N–H and O–H groups in total. The van der Waals surface area contributed by atoms with Crippen LogP contribution < -0.4 is 4.74 Å². The largest absolute Gasteiger partial charge is 0.475 e. The highest BCUT2D eigenvalue weighted by atomic mass is 35.7. The van der Waals surface area contributed by atoms with Crippen molar-refractivity contribution in [2.24, 2.45) is 0 Å². The van der Waals surface area contributed by atoms with Crippen LogP contribution in [0.3, 0.4) is 0 Å². The third-order valence-electron chi connectivity index (χ3n) is 2.67. The summed E-state index contributed by atoms with van der Waals surface area (Å²) < 4.78 is 29.0.